The van der Waals surface area contributed by atoms with E-state index < -0.39 is 0 Å². The van der Waals surface area contributed by atoms with E-state index in [0.29, 0.717) is 17.7 Å². The predicted molar refractivity (Wildman–Crippen MR) is 106 cm³/mol. The molecule has 5 nitrogen and oxygen atoms in total. The van der Waals surface area contributed by atoms with Crippen molar-refractivity contribution in [1.29, 1.82) is 0 Å². The second-order valence-electron chi connectivity index (χ2n) is 7.42. The number of aryl methyl sites for hydroxylation is 1. The molecule has 0 aliphatic heterocycles. The van der Waals surface area contributed by atoms with Crippen LogP contribution in [0.2, 0.25) is 0 Å². The quantitative estimate of drug-likeness (QED) is 0.318. The molecule has 0 atom stereocenters. The molecule has 0 saturated heterocycles. The van der Waals surface area contributed by atoms with Crippen LogP contribution in [0.3, 0.4) is 0 Å². The Kier molecular flexibility index (Phi) is 5.82. The Morgan fingerprint density at radius 1 is 1.07 bits per heavy atom. The second kappa shape index (κ2) is 7.98. The minimum absolute atomic E-state index is 0. The van der Waals surface area contributed by atoms with Crippen molar-refractivity contribution >= 4 is 11.1 Å². The fourth-order valence-corrected chi connectivity index (χ4v) is 3.46. The summed E-state index contributed by atoms with van der Waals surface area (Å²) in [7, 11) is 0. The summed E-state index contributed by atoms with van der Waals surface area (Å²) in [5.74, 6) is 2.15. The molecule has 0 N–H and O–H groups in total. The van der Waals surface area contributed by atoms with Crippen LogP contribution in [0, 0.1) is 13.0 Å². The molecule has 147 valence electrons. The van der Waals surface area contributed by atoms with Crippen LogP contribution >= 0.6 is 0 Å². The Hall–Kier alpha value is -2.30. The van der Waals surface area contributed by atoms with Crippen molar-refractivity contribution in [2.75, 3.05) is 0 Å². The first-order valence-corrected chi connectivity index (χ1v) is 9.28. The van der Waals surface area contributed by atoms with E-state index in [0.717, 1.165) is 28.2 Å². The zero-order valence-electron chi connectivity index (χ0n) is 16.6. The first-order chi connectivity index (χ1) is 13.0. The van der Waals surface area contributed by atoms with Gasteiger partial charge in [0.15, 0.2) is 5.89 Å². The summed E-state index contributed by atoms with van der Waals surface area (Å²) in [5, 5.41) is 4.58. The molecule has 0 bridgehead atoms. The SMILES string of the molecule is Cc1nc2cc(-c3ncnn3-c3c(C(C)C)cccc3C(C)C)[c-]cc2o1.[Ir]. The molecule has 0 amide bonds. The summed E-state index contributed by atoms with van der Waals surface area (Å²) in [4.78, 5) is 8.97. The van der Waals surface area contributed by atoms with E-state index in [9.17, 15) is 0 Å². The molecular formula is C22H23IrN4O-. The third-order valence-electron chi connectivity index (χ3n) is 4.77. The Labute approximate surface area is 178 Å². The van der Waals surface area contributed by atoms with Crippen LogP contribution in [0.15, 0.2) is 41.1 Å². The van der Waals surface area contributed by atoms with E-state index in [-0.39, 0.29) is 20.1 Å². The fourth-order valence-electron chi connectivity index (χ4n) is 3.46. The largest absolute Gasteiger partial charge is 0.488 e. The van der Waals surface area contributed by atoms with Crippen molar-refractivity contribution in [3.8, 4) is 17.1 Å². The Bertz CT molecular complexity index is 1080. The standard InChI is InChI=1S/C22H23N4O.Ir/c1-13(2)17-7-6-8-18(14(3)4)21(17)26-22(23-12-24-26)16-9-10-20-19(11-16)25-15(5)27-20;/h6-8,10-14H,1-5H3;/q-1;. The van der Waals surface area contributed by atoms with Crippen molar-refractivity contribution in [3.63, 3.8) is 0 Å². The van der Waals surface area contributed by atoms with Gasteiger partial charge in [0, 0.05) is 32.5 Å². The summed E-state index contributed by atoms with van der Waals surface area (Å²) in [5.41, 5.74) is 6.00. The van der Waals surface area contributed by atoms with Crippen molar-refractivity contribution in [2.24, 2.45) is 0 Å². The van der Waals surface area contributed by atoms with Gasteiger partial charge in [-0.05, 0) is 23.0 Å². The first-order valence-electron chi connectivity index (χ1n) is 9.28. The third kappa shape index (κ3) is 3.54. The summed E-state index contributed by atoms with van der Waals surface area (Å²) < 4.78 is 7.51. The second-order valence-corrected chi connectivity index (χ2v) is 7.42. The minimum atomic E-state index is 0. The summed E-state index contributed by atoms with van der Waals surface area (Å²) in [6.07, 6.45) is 1.60. The average Bonchev–Trinajstić information content (AvgIpc) is 3.25. The van der Waals surface area contributed by atoms with Crippen molar-refractivity contribution in [3.05, 3.63) is 59.7 Å². The van der Waals surface area contributed by atoms with Gasteiger partial charge in [0.25, 0.3) is 0 Å². The zero-order valence-corrected chi connectivity index (χ0v) is 19.0. The Balaban J connectivity index is 0.00000225. The molecule has 1 radical (unpaired) electrons. The first kappa shape index (κ1) is 20.4. The molecule has 28 heavy (non-hydrogen) atoms. The number of hydrogen-bond acceptors (Lipinski definition) is 4. The molecule has 0 unspecified atom stereocenters. The predicted octanol–water partition coefficient (Wildman–Crippen LogP) is 5.43. The zero-order chi connectivity index (χ0) is 19.1. The van der Waals surface area contributed by atoms with Crippen LogP contribution in [-0.4, -0.2) is 19.7 Å². The van der Waals surface area contributed by atoms with Gasteiger partial charge in [0.2, 0.25) is 0 Å². The van der Waals surface area contributed by atoms with Gasteiger partial charge in [-0.1, -0.05) is 45.9 Å². The third-order valence-corrected chi connectivity index (χ3v) is 4.77. The number of oxazole rings is 1. The molecule has 0 spiro atoms. The number of para-hydroxylation sites is 1. The van der Waals surface area contributed by atoms with Gasteiger partial charge in [-0.25, -0.2) is 4.98 Å². The van der Waals surface area contributed by atoms with Gasteiger partial charge in [-0.2, -0.15) is 5.10 Å². The molecule has 4 rings (SSSR count). The Morgan fingerprint density at radius 2 is 1.75 bits per heavy atom. The minimum Gasteiger partial charge on any atom is -0.488 e. The smallest absolute Gasteiger partial charge is 0.180 e. The normalized spacial score (nSPS) is 11.4. The number of fused-ring (bicyclic) bond motifs is 1. The molecular weight excluding hydrogens is 528 g/mol. The molecule has 6 heteroatoms. The van der Waals surface area contributed by atoms with Gasteiger partial charge in [0.05, 0.1) is 17.1 Å². The summed E-state index contributed by atoms with van der Waals surface area (Å²) in [6, 6.07) is 13.5. The van der Waals surface area contributed by atoms with E-state index >= 15 is 0 Å². The maximum Gasteiger partial charge on any atom is 0.180 e. The number of hydrogen-bond donors (Lipinski definition) is 0. The van der Waals surface area contributed by atoms with Crippen LogP contribution in [0.1, 0.15) is 56.5 Å². The molecule has 0 saturated carbocycles. The Morgan fingerprint density at radius 3 is 2.39 bits per heavy atom. The molecule has 0 aliphatic carbocycles. The molecule has 2 aromatic heterocycles. The van der Waals surface area contributed by atoms with Crippen LogP contribution < -0.4 is 0 Å². The van der Waals surface area contributed by atoms with Crippen molar-refractivity contribution < 1.29 is 24.5 Å². The van der Waals surface area contributed by atoms with E-state index in [2.05, 4.69) is 67.0 Å². The fraction of sp³-hybridized carbons (Fsp3) is 0.318. The number of nitrogens with zero attached hydrogens (tertiary/aromatic N) is 4. The maximum absolute atomic E-state index is 5.57. The molecule has 0 fully saturated rings. The molecule has 2 aromatic carbocycles. The maximum atomic E-state index is 5.57. The van der Waals surface area contributed by atoms with Gasteiger partial charge in [-0.15, -0.1) is 23.8 Å². The van der Waals surface area contributed by atoms with Crippen molar-refractivity contribution in [1.82, 2.24) is 19.7 Å². The van der Waals surface area contributed by atoms with E-state index in [4.69, 9.17) is 4.42 Å². The van der Waals surface area contributed by atoms with Gasteiger partial charge in [0.1, 0.15) is 6.33 Å². The number of aromatic nitrogens is 4. The van der Waals surface area contributed by atoms with Crippen LogP contribution in [0.5, 0.6) is 0 Å². The van der Waals surface area contributed by atoms with Crippen molar-refractivity contribution in [2.45, 2.75) is 46.5 Å². The van der Waals surface area contributed by atoms with Gasteiger partial charge in [-0.3, -0.25) is 9.67 Å². The topological polar surface area (TPSA) is 56.7 Å². The van der Waals surface area contributed by atoms with Crippen LogP contribution in [-0.2, 0) is 20.1 Å². The summed E-state index contributed by atoms with van der Waals surface area (Å²) >= 11 is 0. The monoisotopic (exact) mass is 552 g/mol. The number of benzene rings is 2. The van der Waals surface area contributed by atoms with E-state index in [1.807, 2.05) is 23.7 Å². The molecule has 0 aliphatic rings. The molecule has 4 aromatic rings. The number of rotatable bonds is 4. The molecule has 2 heterocycles. The van der Waals surface area contributed by atoms with E-state index in [1.165, 1.54) is 11.1 Å². The van der Waals surface area contributed by atoms with Gasteiger partial charge >= 0.3 is 0 Å². The average molecular weight is 552 g/mol. The van der Waals surface area contributed by atoms with Gasteiger partial charge < -0.3 is 4.42 Å². The summed E-state index contributed by atoms with van der Waals surface area (Å²) in [6.45, 7) is 10.7. The van der Waals surface area contributed by atoms with E-state index in [1.54, 1.807) is 6.33 Å². The van der Waals surface area contributed by atoms with Crippen LogP contribution in [0.4, 0.5) is 0 Å². The van der Waals surface area contributed by atoms with Crippen LogP contribution in [0.25, 0.3) is 28.2 Å².